The van der Waals surface area contributed by atoms with Gasteiger partial charge in [0.1, 0.15) is 11.6 Å². The SMILES string of the molecule is CCCCC/C=C\C/C=C\CCCCCCCC(=O)CC(N)(CC(=O)CCCCCCC/C=C\C/C=C\CCCCC)C(C)(C)Cl. The zero-order chi connectivity index (χ0) is 34.2. The first-order chi connectivity index (χ1) is 22.2. The molecule has 0 aromatic heterocycles. The molecule has 0 aliphatic carbocycles. The fourth-order valence-corrected chi connectivity index (χ4v) is 5.76. The highest BCUT2D eigenvalue weighted by Crippen LogP contribution is 2.34. The minimum absolute atomic E-state index is 0.131. The maximum absolute atomic E-state index is 12.9. The van der Waals surface area contributed by atoms with Gasteiger partial charge in [0.15, 0.2) is 0 Å². The average Bonchev–Trinajstić information content (AvgIpc) is 3.00. The van der Waals surface area contributed by atoms with Crippen molar-refractivity contribution in [1.29, 1.82) is 0 Å². The van der Waals surface area contributed by atoms with Crippen molar-refractivity contribution in [3.8, 4) is 0 Å². The Balaban J connectivity index is 4.05. The number of Topliss-reactive ketones (excluding diaryl/α,β-unsaturated/α-hetero) is 2. The van der Waals surface area contributed by atoms with Crippen LogP contribution in [0.2, 0.25) is 0 Å². The van der Waals surface area contributed by atoms with E-state index in [1.165, 1.54) is 77.0 Å². The lowest BCUT2D eigenvalue weighted by Gasteiger charge is -2.39. The van der Waals surface area contributed by atoms with Gasteiger partial charge in [0, 0.05) is 31.2 Å². The first kappa shape index (κ1) is 44.5. The lowest BCUT2D eigenvalue weighted by atomic mass is 9.77. The topological polar surface area (TPSA) is 60.2 Å². The van der Waals surface area contributed by atoms with Crippen molar-refractivity contribution in [3.05, 3.63) is 48.6 Å². The molecule has 3 nitrogen and oxygen atoms in total. The van der Waals surface area contributed by atoms with E-state index in [1.54, 1.807) is 0 Å². The van der Waals surface area contributed by atoms with E-state index in [1.807, 2.05) is 13.8 Å². The number of hydrogen-bond acceptors (Lipinski definition) is 3. The van der Waals surface area contributed by atoms with Gasteiger partial charge in [0.2, 0.25) is 0 Å². The largest absolute Gasteiger partial charge is 0.323 e. The molecule has 0 spiro atoms. The van der Waals surface area contributed by atoms with Crippen LogP contribution in [0.1, 0.15) is 195 Å². The van der Waals surface area contributed by atoms with Gasteiger partial charge >= 0.3 is 0 Å². The number of halogens is 1. The molecule has 0 radical (unpaired) electrons. The molecule has 0 rings (SSSR count). The summed E-state index contributed by atoms with van der Waals surface area (Å²) in [6.07, 6.45) is 45.3. The van der Waals surface area contributed by atoms with Crippen LogP contribution in [0.3, 0.4) is 0 Å². The summed E-state index contributed by atoms with van der Waals surface area (Å²) in [6.45, 7) is 8.16. The van der Waals surface area contributed by atoms with Crippen molar-refractivity contribution in [2.24, 2.45) is 5.73 Å². The molecule has 4 heteroatoms. The van der Waals surface area contributed by atoms with E-state index in [0.29, 0.717) is 12.8 Å². The lowest BCUT2D eigenvalue weighted by Crippen LogP contribution is -2.56. The quantitative estimate of drug-likeness (QED) is 0.0433. The summed E-state index contributed by atoms with van der Waals surface area (Å²) < 4.78 is 0. The van der Waals surface area contributed by atoms with E-state index in [0.717, 1.165) is 64.2 Å². The maximum atomic E-state index is 12.9. The number of rotatable bonds is 33. The van der Waals surface area contributed by atoms with E-state index >= 15 is 0 Å². The molecule has 0 unspecified atom stereocenters. The third-order valence-corrected chi connectivity index (χ3v) is 9.40. The molecule has 0 fully saturated rings. The molecule has 0 aromatic rings. The Morgan fingerprint density at radius 1 is 0.500 bits per heavy atom. The fourth-order valence-electron chi connectivity index (χ4n) is 5.63. The first-order valence-corrected chi connectivity index (χ1v) is 19.6. The van der Waals surface area contributed by atoms with Crippen LogP contribution in [0.5, 0.6) is 0 Å². The highest BCUT2D eigenvalue weighted by Gasteiger charge is 2.43. The second-order valence-electron chi connectivity index (χ2n) is 14.0. The summed E-state index contributed by atoms with van der Waals surface area (Å²) in [5.74, 6) is 0.263. The fraction of sp³-hybridized carbons (Fsp3) is 0.762. The van der Waals surface area contributed by atoms with Crippen LogP contribution in [0.25, 0.3) is 0 Å². The minimum atomic E-state index is -1.00. The van der Waals surface area contributed by atoms with Crippen LogP contribution in [0, 0.1) is 0 Å². The van der Waals surface area contributed by atoms with Crippen LogP contribution in [-0.4, -0.2) is 22.0 Å². The van der Waals surface area contributed by atoms with Gasteiger partial charge in [-0.3, -0.25) is 9.59 Å². The zero-order valence-electron chi connectivity index (χ0n) is 30.8. The van der Waals surface area contributed by atoms with Gasteiger partial charge in [0.25, 0.3) is 0 Å². The Morgan fingerprint density at radius 2 is 0.804 bits per heavy atom. The van der Waals surface area contributed by atoms with Crippen LogP contribution in [0.15, 0.2) is 48.6 Å². The molecule has 0 bridgehead atoms. The predicted molar refractivity (Wildman–Crippen MR) is 205 cm³/mol. The molecule has 0 amide bonds. The van der Waals surface area contributed by atoms with Crippen LogP contribution >= 0.6 is 11.6 Å². The Kier molecular flexibility index (Phi) is 29.9. The molecule has 0 aliphatic heterocycles. The monoisotopic (exact) mass is 660 g/mol. The number of ketones is 2. The second kappa shape index (κ2) is 30.9. The summed E-state index contributed by atoms with van der Waals surface area (Å²) in [6, 6.07) is 0. The summed E-state index contributed by atoms with van der Waals surface area (Å²) in [4.78, 5) is 24.9. The molecule has 2 N–H and O–H groups in total. The van der Waals surface area contributed by atoms with E-state index in [-0.39, 0.29) is 24.4 Å². The van der Waals surface area contributed by atoms with E-state index in [4.69, 9.17) is 17.3 Å². The highest BCUT2D eigenvalue weighted by atomic mass is 35.5. The zero-order valence-corrected chi connectivity index (χ0v) is 31.5. The predicted octanol–water partition coefficient (Wildman–Crippen LogP) is 13.2. The third kappa shape index (κ3) is 27.6. The lowest BCUT2D eigenvalue weighted by molar-refractivity contribution is -0.123. The summed E-state index contributed by atoms with van der Waals surface area (Å²) in [5, 5.41) is 0. The number of unbranched alkanes of at least 4 members (excludes halogenated alkanes) is 16. The first-order valence-electron chi connectivity index (χ1n) is 19.3. The molecule has 0 atom stereocenters. The molecule has 0 heterocycles. The van der Waals surface area contributed by atoms with Gasteiger partial charge < -0.3 is 5.73 Å². The average molecular weight is 661 g/mol. The Bertz CT molecular complexity index is 788. The Hall–Kier alpha value is -1.45. The molecule has 46 heavy (non-hydrogen) atoms. The smallest absolute Gasteiger partial charge is 0.134 e. The molecule has 0 aromatic carbocycles. The number of hydrogen-bond donors (Lipinski definition) is 1. The van der Waals surface area contributed by atoms with Gasteiger partial charge in [-0.2, -0.15) is 0 Å². The molecular weight excluding hydrogens is 586 g/mol. The number of nitrogens with two attached hydrogens (primary N) is 1. The van der Waals surface area contributed by atoms with Crippen molar-refractivity contribution in [2.45, 2.75) is 205 Å². The van der Waals surface area contributed by atoms with E-state index in [2.05, 4.69) is 62.5 Å². The normalized spacial score (nSPS) is 12.9. The number of carbonyl (C=O) groups excluding carboxylic acids is 2. The second-order valence-corrected chi connectivity index (χ2v) is 15.0. The van der Waals surface area contributed by atoms with E-state index in [9.17, 15) is 9.59 Å². The van der Waals surface area contributed by atoms with Gasteiger partial charge in [-0.05, 0) is 90.9 Å². The molecule has 0 saturated heterocycles. The summed E-state index contributed by atoms with van der Waals surface area (Å²) in [5.41, 5.74) is 5.69. The van der Waals surface area contributed by atoms with Crippen LogP contribution < -0.4 is 5.73 Å². The molecule has 0 saturated carbocycles. The van der Waals surface area contributed by atoms with Gasteiger partial charge in [0.05, 0.1) is 4.87 Å². The van der Waals surface area contributed by atoms with Crippen molar-refractivity contribution in [2.75, 3.05) is 0 Å². The number of alkyl halides is 1. The maximum Gasteiger partial charge on any atom is 0.134 e. The van der Waals surface area contributed by atoms with Crippen molar-refractivity contribution in [1.82, 2.24) is 0 Å². The van der Waals surface area contributed by atoms with Crippen molar-refractivity contribution in [3.63, 3.8) is 0 Å². The van der Waals surface area contributed by atoms with Crippen LogP contribution in [0.4, 0.5) is 0 Å². The summed E-state index contributed by atoms with van der Waals surface area (Å²) >= 11 is 6.68. The van der Waals surface area contributed by atoms with Gasteiger partial charge in [-0.15, -0.1) is 11.6 Å². The molecule has 266 valence electrons. The third-order valence-electron chi connectivity index (χ3n) is 9.02. The van der Waals surface area contributed by atoms with Gasteiger partial charge in [-0.1, -0.05) is 127 Å². The molecular formula is C42H74ClNO2. The standard InChI is InChI=1S/C42H74ClNO2/c1-5-7-9-11-13-15-17-19-21-23-25-27-29-31-33-35-39(45)37-42(44,41(3,4)43)38-40(46)36-34-32-30-28-26-24-22-20-18-16-14-12-10-8-6-2/h13-16,19-22H,5-12,17-18,23-38,44H2,1-4H3/b15-13-,16-14-,21-19-,22-20-. The number of allylic oxidation sites excluding steroid dienone is 8. The number of carbonyl (C=O) groups is 2. The Morgan fingerprint density at radius 3 is 1.13 bits per heavy atom. The van der Waals surface area contributed by atoms with Crippen molar-refractivity contribution >= 4 is 23.2 Å². The van der Waals surface area contributed by atoms with Crippen molar-refractivity contribution < 1.29 is 9.59 Å². The Labute approximate surface area is 291 Å². The van der Waals surface area contributed by atoms with Crippen LogP contribution in [-0.2, 0) is 9.59 Å². The minimum Gasteiger partial charge on any atom is -0.323 e. The highest BCUT2D eigenvalue weighted by molar-refractivity contribution is 6.24. The molecule has 0 aliphatic rings. The van der Waals surface area contributed by atoms with Gasteiger partial charge in [-0.25, -0.2) is 0 Å². The summed E-state index contributed by atoms with van der Waals surface area (Å²) in [7, 11) is 0. The van der Waals surface area contributed by atoms with E-state index < -0.39 is 10.4 Å².